The molecule has 146 valence electrons. The van der Waals surface area contributed by atoms with E-state index in [0.29, 0.717) is 11.5 Å². The minimum atomic E-state index is -0.644. The molecule has 28 heavy (non-hydrogen) atoms. The number of hydrogen-bond acceptors (Lipinski definition) is 2. The molecule has 0 saturated carbocycles. The van der Waals surface area contributed by atoms with Crippen molar-refractivity contribution in [2.24, 2.45) is 5.92 Å². The molecule has 5 heteroatoms. The van der Waals surface area contributed by atoms with Crippen LogP contribution in [0, 0.1) is 12.8 Å². The monoisotopic (exact) mass is 377 g/mol. The Hall–Kier alpha value is -3.08. The Balaban J connectivity index is 1.65. The van der Waals surface area contributed by atoms with Crippen LogP contribution in [0.2, 0.25) is 0 Å². The number of aryl methyl sites for hydroxylation is 1. The molecule has 0 aliphatic heterocycles. The molecule has 2 aromatic carbocycles. The van der Waals surface area contributed by atoms with Gasteiger partial charge < -0.3 is 15.2 Å². The largest absolute Gasteiger partial charge is 0.347 e. The van der Waals surface area contributed by atoms with Crippen LogP contribution in [0.5, 0.6) is 0 Å². The van der Waals surface area contributed by atoms with E-state index in [4.69, 9.17) is 0 Å². The van der Waals surface area contributed by atoms with Crippen LogP contribution in [-0.4, -0.2) is 22.4 Å². The SMILES string of the molecule is Cc1cccc(C(=O)NC(C)C(=O)Nc2ccc3c(ccn3CC(C)C)c2)c1. The van der Waals surface area contributed by atoms with Crippen LogP contribution in [0.4, 0.5) is 5.69 Å². The van der Waals surface area contributed by atoms with Crippen molar-refractivity contribution >= 4 is 28.4 Å². The first-order chi connectivity index (χ1) is 13.3. The average molecular weight is 377 g/mol. The summed E-state index contributed by atoms with van der Waals surface area (Å²) in [4.78, 5) is 24.8. The summed E-state index contributed by atoms with van der Waals surface area (Å²) >= 11 is 0. The first kappa shape index (κ1) is 19.7. The van der Waals surface area contributed by atoms with Crippen molar-refractivity contribution in [3.63, 3.8) is 0 Å². The standard InChI is InChI=1S/C23H27N3O2/c1-15(2)14-26-11-10-18-13-20(8-9-21(18)26)25-22(27)17(4)24-23(28)19-7-5-6-16(3)12-19/h5-13,15,17H,14H2,1-4H3,(H,24,28)(H,25,27). The topological polar surface area (TPSA) is 63.1 Å². The molecule has 0 radical (unpaired) electrons. The quantitative estimate of drug-likeness (QED) is 0.670. The molecular formula is C23H27N3O2. The van der Waals surface area contributed by atoms with Crippen molar-refractivity contribution in [1.29, 1.82) is 0 Å². The number of aromatic nitrogens is 1. The van der Waals surface area contributed by atoms with Gasteiger partial charge in [0.1, 0.15) is 6.04 Å². The molecule has 1 heterocycles. The van der Waals surface area contributed by atoms with Gasteiger partial charge in [-0.2, -0.15) is 0 Å². The van der Waals surface area contributed by atoms with E-state index in [1.54, 1.807) is 19.1 Å². The van der Waals surface area contributed by atoms with Crippen molar-refractivity contribution in [3.8, 4) is 0 Å². The molecule has 0 fully saturated rings. The van der Waals surface area contributed by atoms with Gasteiger partial charge in [-0.25, -0.2) is 0 Å². The van der Waals surface area contributed by atoms with Gasteiger partial charge in [-0.1, -0.05) is 31.5 Å². The summed E-state index contributed by atoms with van der Waals surface area (Å²) in [5, 5.41) is 6.72. The molecule has 3 aromatic rings. The summed E-state index contributed by atoms with van der Waals surface area (Å²) in [6.07, 6.45) is 2.07. The van der Waals surface area contributed by atoms with Crippen molar-refractivity contribution in [2.75, 3.05) is 5.32 Å². The second-order valence-electron chi connectivity index (χ2n) is 7.69. The Morgan fingerprint density at radius 3 is 2.54 bits per heavy atom. The predicted octanol–water partition coefficient (Wildman–Crippen LogP) is 4.36. The summed E-state index contributed by atoms with van der Waals surface area (Å²) in [5.41, 5.74) is 3.42. The second-order valence-corrected chi connectivity index (χ2v) is 7.69. The van der Waals surface area contributed by atoms with Gasteiger partial charge in [0.05, 0.1) is 0 Å². The third-order valence-electron chi connectivity index (χ3n) is 4.62. The summed E-state index contributed by atoms with van der Waals surface area (Å²) < 4.78 is 2.22. The molecule has 0 bridgehead atoms. The molecule has 2 amide bonds. The van der Waals surface area contributed by atoms with Crippen molar-refractivity contribution < 1.29 is 9.59 Å². The lowest BCUT2D eigenvalue weighted by Gasteiger charge is -2.15. The Morgan fingerprint density at radius 2 is 1.82 bits per heavy atom. The highest BCUT2D eigenvalue weighted by Gasteiger charge is 2.17. The Bertz CT molecular complexity index is 1000. The Kier molecular flexibility index (Phi) is 5.83. The number of rotatable bonds is 6. The van der Waals surface area contributed by atoms with Crippen LogP contribution in [0.1, 0.15) is 36.7 Å². The maximum Gasteiger partial charge on any atom is 0.251 e. The van der Waals surface area contributed by atoms with Crippen LogP contribution >= 0.6 is 0 Å². The zero-order chi connectivity index (χ0) is 20.3. The minimum Gasteiger partial charge on any atom is -0.347 e. The number of carbonyl (C=O) groups is 2. The Labute approximate surface area is 165 Å². The van der Waals surface area contributed by atoms with E-state index < -0.39 is 6.04 Å². The van der Waals surface area contributed by atoms with Gasteiger partial charge >= 0.3 is 0 Å². The molecule has 1 unspecified atom stereocenters. The van der Waals surface area contributed by atoms with E-state index in [2.05, 4.69) is 41.3 Å². The normalized spacial score (nSPS) is 12.2. The lowest BCUT2D eigenvalue weighted by Crippen LogP contribution is -2.41. The molecule has 2 N–H and O–H groups in total. The highest BCUT2D eigenvalue weighted by atomic mass is 16.2. The third kappa shape index (κ3) is 4.60. The van der Waals surface area contributed by atoms with Crippen LogP contribution in [0.25, 0.3) is 10.9 Å². The van der Waals surface area contributed by atoms with Crippen molar-refractivity contribution in [2.45, 2.75) is 40.3 Å². The molecule has 0 saturated heterocycles. The number of carbonyl (C=O) groups excluding carboxylic acids is 2. The minimum absolute atomic E-state index is 0.248. The number of nitrogens with one attached hydrogen (secondary N) is 2. The van der Waals surface area contributed by atoms with E-state index in [0.717, 1.165) is 28.7 Å². The van der Waals surface area contributed by atoms with Crippen LogP contribution in [0.15, 0.2) is 54.7 Å². The maximum atomic E-state index is 12.5. The third-order valence-corrected chi connectivity index (χ3v) is 4.62. The number of amides is 2. The molecule has 5 nitrogen and oxygen atoms in total. The summed E-state index contributed by atoms with van der Waals surface area (Å²) in [5.74, 6) is 0.0578. The summed E-state index contributed by atoms with van der Waals surface area (Å²) in [7, 11) is 0. The number of nitrogens with zero attached hydrogens (tertiary/aromatic N) is 1. The van der Waals surface area contributed by atoms with Gasteiger partial charge in [0.15, 0.2) is 0 Å². The molecule has 0 aliphatic rings. The smallest absolute Gasteiger partial charge is 0.251 e. The first-order valence-corrected chi connectivity index (χ1v) is 9.61. The predicted molar refractivity (Wildman–Crippen MR) is 114 cm³/mol. The number of hydrogen-bond donors (Lipinski definition) is 2. The average Bonchev–Trinajstić information content (AvgIpc) is 3.03. The van der Waals surface area contributed by atoms with Gasteiger partial charge in [0, 0.05) is 34.9 Å². The van der Waals surface area contributed by atoms with E-state index >= 15 is 0 Å². The molecule has 3 rings (SSSR count). The van der Waals surface area contributed by atoms with Gasteiger partial charge in [-0.15, -0.1) is 0 Å². The van der Waals surface area contributed by atoms with E-state index in [9.17, 15) is 9.59 Å². The lowest BCUT2D eigenvalue weighted by atomic mass is 10.1. The van der Waals surface area contributed by atoms with Gasteiger partial charge in [-0.05, 0) is 56.2 Å². The number of benzene rings is 2. The Morgan fingerprint density at radius 1 is 1.04 bits per heavy atom. The van der Waals surface area contributed by atoms with E-state index in [1.165, 1.54) is 0 Å². The van der Waals surface area contributed by atoms with Crippen molar-refractivity contribution in [1.82, 2.24) is 9.88 Å². The van der Waals surface area contributed by atoms with Crippen LogP contribution in [0.3, 0.4) is 0 Å². The fourth-order valence-corrected chi connectivity index (χ4v) is 3.21. The lowest BCUT2D eigenvalue weighted by molar-refractivity contribution is -0.117. The zero-order valence-corrected chi connectivity index (χ0v) is 16.8. The van der Waals surface area contributed by atoms with Gasteiger partial charge in [0.2, 0.25) is 5.91 Å². The molecular weight excluding hydrogens is 350 g/mol. The fourth-order valence-electron chi connectivity index (χ4n) is 3.21. The van der Waals surface area contributed by atoms with E-state index in [-0.39, 0.29) is 11.8 Å². The van der Waals surface area contributed by atoms with Crippen molar-refractivity contribution in [3.05, 3.63) is 65.9 Å². The fraction of sp³-hybridized carbons (Fsp3) is 0.304. The molecule has 1 aromatic heterocycles. The first-order valence-electron chi connectivity index (χ1n) is 9.61. The molecule has 1 atom stereocenters. The van der Waals surface area contributed by atoms with E-state index in [1.807, 2.05) is 37.3 Å². The van der Waals surface area contributed by atoms with Gasteiger partial charge in [-0.3, -0.25) is 9.59 Å². The maximum absolute atomic E-state index is 12.5. The number of fused-ring (bicyclic) bond motifs is 1. The highest BCUT2D eigenvalue weighted by Crippen LogP contribution is 2.21. The zero-order valence-electron chi connectivity index (χ0n) is 16.8. The second kappa shape index (κ2) is 8.30. The van der Waals surface area contributed by atoms with Crippen LogP contribution < -0.4 is 10.6 Å². The molecule has 0 aliphatic carbocycles. The van der Waals surface area contributed by atoms with Gasteiger partial charge in [0.25, 0.3) is 5.91 Å². The highest BCUT2D eigenvalue weighted by molar-refractivity contribution is 6.01. The number of anilines is 1. The molecule has 0 spiro atoms. The summed E-state index contributed by atoms with van der Waals surface area (Å²) in [6.45, 7) is 8.94. The van der Waals surface area contributed by atoms with Crippen LogP contribution in [-0.2, 0) is 11.3 Å². The summed E-state index contributed by atoms with van der Waals surface area (Å²) in [6, 6.07) is 14.6.